The fourth-order valence-corrected chi connectivity index (χ4v) is 4.88. The van der Waals surface area contributed by atoms with E-state index >= 15 is 0 Å². The first-order valence-electron chi connectivity index (χ1n) is 12.2. The van der Waals surface area contributed by atoms with Crippen LogP contribution in [0.25, 0.3) is 22.5 Å². The Morgan fingerprint density at radius 2 is 1.86 bits per heavy atom. The molecule has 0 bridgehead atoms. The molecule has 0 atom stereocenters. The predicted octanol–water partition coefficient (Wildman–Crippen LogP) is 6.11. The van der Waals surface area contributed by atoms with E-state index < -0.39 is 5.97 Å². The van der Waals surface area contributed by atoms with Crippen molar-refractivity contribution in [1.82, 2.24) is 14.9 Å². The normalized spacial score (nSPS) is 14.9. The van der Waals surface area contributed by atoms with Gasteiger partial charge in [0.2, 0.25) is 0 Å². The van der Waals surface area contributed by atoms with Gasteiger partial charge in [-0.1, -0.05) is 36.7 Å². The van der Waals surface area contributed by atoms with Crippen molar-refractivity contribution in [2.24, 2.45) is 5.92 Å². The third-order valence-corrected chi connectivity index (χ3v) is 6.77. The molecular formula is C28H32ClN3O3. The average molecular weight is 494 g/mol. The van der Waals surface area contributed by atoms with Gasteiger partial charge in [0.25, 0.3) is 0 Å². The van der Waals surface area contributed by atoms with Gasteiger partial charge in [0.15, 0.2) is 5.82 Å². The van der Waals surface area contributed by atoms with Crippen molar-refractivity contribution in [2.75, 3.05) is 13.1 Å². The second-order valence-electron chi connectivity index (χ2n) is 9.29. The molecule has 2 aromatic carbocycles. The van der Waals surface area contributed by atoms with E-state index in [1.807, 2.05) is 44.4 Å². The molecule has 1 aromatic heterocycles. The third kappa shape index (κ3) is 6.00. The molecule has 7 heteroatoms. The first kappa shape index (κ1) is 25.1. The number of ether oxygens (including phenoxy) is 1. The molecule has 4 rings (SSSR count). The monoisotopic (exact) mass is 493 g/mol. The van der Waals surface area contributed by atoms with E-state index in [4.69, 9.17) is 16.3 Å². The average Bonchev–Trinajstić information content (AvgIpc) is 2.85. The Labute approximate surface area is 211 Å². The van der Waals surface area contributed by atoms with Crippen molar-refractivity contribution in [1.29, 1.82) is 0 Å². The van der Waals surface area contributed by atoms with Crippen LogP contribution in [0.4, 0.5) is 0 Å². The van der Waals surface area contributed by atoms with Gasteiger partial charge in [-0.3, -0.25) is 9.69 Å². The maximum atomic E-state index is 11.3. The summed E-state index contributed by atoms with van der Waals surface area (Å²) in [4.78, 5) is 22.9. The molecular weight excluding hydrogens is 462 g/mol. The van der Waals surface area contributed by atoms with E-state index in [9.17, 15) is 9.90 Å². The second-order valence-corrected chi connectivity index (χ2v) is 9.70. The van der Waals surface area contributed by atoms with Crippen LogP contribution in [-0.2, 0) is 17.8 Å². The van der Waals surface area contributed by atoms with Crippen molar-refractivity contribution in [3.8, 4) is 28.3 Å². The molecule has 2 heterocycles. The van der Waals surface area contributed by atoms with Gasteiger partial charge >= 0.3 is 5.97 Å². The summed E-state index contributed by atoms with van der Waals surface area (Å²) in [6, 6.07) is 12.0. The molecule has 0 spiro atoms. The molecule has 1 saturated heterocycles. The van der Waals surface area contributed by atoms with Gasteiger partial charge in [0, 0.05) is 30.1 Å². The van der Waals surface area contributed by atoms with Crippen LogP contribution in [0, 0.1) is 5.92 Å². The topological polar surface area (TPSA) is 75.6 Å². The largest absolute Gasteiger partial charge is 0.489 e. The fourth-order valence-electron chi connectivity index (χ4n) is 4.66. The Morgan fingerprint density at radius 1 is 1.14 bits per heavy atom. The molecule has 1 N–H and O–H groups in total. The van der Waals surface area contributed by atoms with Gasteiger partial charge < -0.3 is 9.84 Å². The number of likely N-dealkylation sites (tertiary alicyclic amines) is 1. The molecule has 0 aliphatic carbocycles. The van der Waals surface area contributed by atoms with Crippen molar-refractivity contribution >= 4 is 17.6 Å². The summed E-state index contributed by atoms with van der Waals surface area (Å²) in [5.41, 5.74) is 5.50. The van der Waals surface area contributed by atoms with Crippen LogP contribution in [-0.4, -0.2) is 45.1 Å². The summed E-state index contributed by atoms with van der Waals surface area (Å²) in [6.07, 6.45) is 6.09. The number of carbonyl (C=O) groups is 1. The zero-order valence-corrected chi connectivity index (χ0v) is 21.3. The van der Waals surface area contributed by atoms with Crippen molar-refractivity contribution in [2.45, 2.75) is 52.7 Å². The lowest BCUT2D eigenvalue weighted by Gasteiger charge is -2.30. The first-order valence-corrected chi connectivity index (χ1v) is 12.6. The van der Waals surface area contributed by atoms with E-state index in [1.165, 1.54) is 11.1 Å². The summed E-state index contributed by atoms with van der Waals surface area (Å²) in [6.45, 7) is 8.54. The predicted molar refractivity (Wildman–Crippen MR) is 139 cm³/mol. The Bertz CT molecular complexity index is 1170. The van der Waals surface area contributed by atoms with Gasteiger partial charge in [-0.15, -0.1) is 0 Å². The molecule has 184 valence electrons. The Hall–Kier alpha value is -2.96. The molecule has 1 aliphatic heterocycles. The summed E-state index contributed by atoms with van der Waals surface area (Å²) in [5, 5.41) is 9.80. The van der Waals surface area contributed by atoms with Crippen LogP contribution in [0.2, 0.25) is 5.02 Å². The number of carboxylic acids is 1. The van der Waals surface area contributed by atoms with E-state index in [2.05, 4.69) is 40.0 Å². The number of hydrogen-bond donors (Lipinski definition) is 1. The molecule has 0 saturated carbocycles. The van der Waals surface area contributed by atoms with Gasteiger partial charge in [-0.25, -0.2) is 9.97 Å². The molecule has 1 fully saturated rings. The minimum atomic E-state index is -0.675. The summed E-state index contributed by atoms with van der Waals surface area (Å²) in [5.74, 6) is 0.375. The Morgan fingerprint density at radius 3 is 2.46 bits per heavy atom. The summed E-state index contributed by atoms with van der Waals surface area (Å²) >= 11 is 6.40. The highest BCUT2D eigenvalue weighted by atomic mass is 35.5. The van der Waals surface area contributed by atoms with E-state index in [-0.39, 0.29) is 12.0 Å². The number of aromatic nitrogens is 2. The lowest BCUT2D eigenvalue weighted by Crippen LogP contribution is -2.36. The minimum Gasteiger partial charge on any atom is -0.489 e. The maximum absolute atomic E-state index is 11.3. The molecule has 6 nitrogen and oxygen atoms in total. The smallest absolute Gasteiger partial charge is 0.306 e. The zero-order chi connectivity index (χ0) is 24.9. The number of halogens is 1. The molecule has 1 aliphatic rings. The third-order valence-electron chi connectivity index (χ3n) is 6.47. The van der Waals surface area contributed by atoms with E-state index in [0.29, 0.717) is 29.4 Å². The quantitative estimate of drug-likeness (QED) is 0.408. The van der Waals surface area contributed by atoms with Gasteiger partial charge in [0.05, 0.1) is 17.0 Å². The fraction of sp³-hybridized carbons (Fsp3) is 0.393. The molecule has 0 unspecified atom stereocenters. The lowest BCUT2D eigenvalue weighted by molar-refractivity contribution is -0.143. The highest BCUT2D eigenvalue weighted by Crippen LogP contribution is 2.32. The van der Waals surface area contributed by atoms with Crippen molar-refractivity contribution < 1.29 is 14.6 Å². The van der Waals surface area contributed by atoms with Crippen LogP contribution < -0.4 is 4.74 Å². The Balaban J connectivity index is 1.52. The minimum absolute atomic E-state index is 0.0500. The van der Waals surface area contributed by atoms with E-state index in [1.54, 1.807) is 0 Å². The van der Waals surface area contributed by atoms with E-state index in [0.717, 1.165) is 42.7 Å². The molecule has 35 heavy (non-hydrogen) atoms. The maximum Gasteiger partial charge on any atom is 0.306 e. The number of rotatable bonds is 8. The Kier molecular flexibility index (Phi) is 8.04. The van der Waals surface area contributed by atoms with Crippen molar-refractivity contribution in [3.63, 3.8) is 0 Å². The molecule has 0 amide bonds. The standard InChI is InChI=1S/C28H32ClN3O3/c1-4-23-21(17-32-12-10-19(11-13-32)28(33)34)6-5-7-24(23)22-15-30-27(31-16-22)20-8-9-26(25(29)14-20)35-18(2)3/h5-9,14-16,18-19H,4,10-13,17H2,1-3H3,(H,33,34). The zero-order valence-electron chi connectivity index (χ0n) is 20.5. The number of aliphatic carboxylic acids is 1. The number of hydrogen-bond acceptors (Lipinski definition) is 5. The number of nitrogens with zero attached hydrogens (tertiary/aromatic N) is 3. The summed E-state index contributed by atoms with van der Waals surface area (Å²) in [7, 11) is 0. The van der Waals surface area contributed by atoms with Gasteiger partial charge in [0.1, 0.15) is 5.75 Å². The van der Waals surface area contributed by atoms with Crippen LogP contribution >= 0.6 is 11.6 Å². The highest BCUT2D eigenvalue weighted by molar-refractivity contribution is 6.32. The van der Waals surface area contributed by atoms with Gasteiger partial charge in [-0.2, -0.15) is 0 Å². The highest BCUT2D eigenvalue weighted by Gasteiger charge is 2.25. The molecule has 0 radical (unpaired) electrons. The number of carboxylic acid groups (broad SMARTS) is 1. The van der Waals surface area contributed by atoms with Crippen LogP contribution in [0.1, 0.15) is 44.7 Å². The van der Waals surface area contributed by atoms with Crippen LogP contribution in [0.15, 0.2) is 48.8 Å². The van der Waals surface area contributed by atoms with Crippen LogP contribution in [0.3, 0.4) is 0 Å². The lowest BCUT2D eigenvalue weighted by atomic mass is 9.93. The first-order chi connectivity index (χ1) is 16.9. The number of benzene rings is 2. The molecule has 3 aromatic rings. The van der Waals surface area contributed by atoms with Gasteiger partial charge in [-0.05, 0) is 81.1 Å². The SMILES string of the molecule is CCc1c(CN2CCC(C(=O)O)CC2)cccc1-c1cnc(-c2ccc(OC(C)C)c(Cl)c2)nc1. The van der Waals surface area contributed by atoms with Crippen LogP contribution in [0.5, 0.6) is 5.75 Å². The van der Waals surface area contributed by atoms with Crippen molar-refractivity contribution in [3.05, 3.63) is 64.9 Å². The second kappa shape index (κ2) is 11.2. The summed E-state index contributed by atoms with van der Waals surface area (Å²) < 4.78 is 5.72. The number of piperidine rings is 1.